The van der Waals surface area contributed by atoms with Crippen molar-refractivity contribution < 1.29 is 9.53 Å². The fourth-order valence-electron chi connectivity index (χ4n) is 5.57. The van der Waals surface area contributed by atoms with Crippen molar-refractivity contribution in [3.63, 3.8) is 0 Å². The lowest BCUT2D eigenvalue weighted by Crippen LogP contribution is -2.46. The highest BCUT2D eigenvalue weighted by atomic mass is 16.5. The average molecular weight is 439 g/mol. The number of aryl methyl sites for hydroxylation is 1. The minimum absolute atomic E-state index is 0.184. The van der Waals surface area contributed by atoms with E-state index in [1.54, 1.807) is 11.0 Å². The van der Waals surface area contributed by atoms with Gasteiger partial charge in [-0.05, 0) is 79.1 Å². The molecule has 0 radical (unpaired) electrons. The first-order valence-corrected chi connectivity index (χ1v) is 12.2. The Hall–Kier alpha value is -2.32. The molecule has 2 aliphatic heterocycles. The van der Waals surface area contributed by atoms with Crippen LogP contribution in [0.4, 0.5) is 0 Å². The summed E-state index contributed by atoms with van der Waals surface area (Å²) in [6, 6.07) is 9.53. The molecular weight excluding hydrogens is 404 g/mol. The first-order chi connectivity index (χ1) is 15.7. The molecule has 1 aromatic heterocycles. The Bertz CT molecular complexity index is 849. The minimum atomic E-state index is 0.184. The zero-order valence-corrected chi connectivity index (χ0v) is 18.8. The van der Waals surface area contributed by atoms with E-state index in [0.29, 0.717) is 31.5 Å². The number of carbonyl (C=O) groups is 1. The number of ether oxygens (including phenoxy) is 1. The number of rotatable bonds is 8. The van der Waals surface area contributed by atoms with Gasteiger partial charge in [-0.3, -0.25) is 9.69 Å². The highest BCUT2D eigenvalue weighted by Crippen LogP contribution is 2.29. The maximum absolute atomic E-state index is 13.1. The molecule has 1 unspecified atom stereocenters. The molecule has 1 aliphatic carbocycles. The zero-order valence-electron chi connectivity index (χ0n) is 18.8. The van der Waals surface area contributed by atoms with Crippen molar-refractivity contribution in [2.45, 2.75) is 63.6 Å². The number of amides is 1. The van der Waals surface area contributed by atoms with Crippen LogP contribution in [0.15, 0.2) is 30.6 Å². The van der Waals surface area contributed by atoms with Crippen LogP contribution < -0.4 is 0 Å². The molecule has 0 saturated carbocycles. The van der Waals surface area contributed by atoms with Gasteiger partial charge in [0.15, 0.2) is 0 Å². The molecule has 32 heavy (non-hydrogen) atoms. The summed E-state index contributed by atoms with van der Waals surface area (Å²) in [4.78, 5) is 17.8. The van der Waals surface area contributed by atoms with Gasteiger partial charge >= 0.3 is 0 Å². The molecule has 8 heteroatoms. The predicted molar refractivity (Wildman–Crippen MR) is 120 cm³/mol. The number of carbonyl (C=O) groups excluding carboxylic acids is 1. The number of tetrazole rings is 1. The van der Waals surface area contributed by atoms with Gasteiger partial charge in [0.2, 0.25) is 5.91 Å². The molecule has 0 bridgehead atoms. The van der Waals surface area contributed by atoms with Gasteiger partial charge in [0.05, 0.1) is 12.6 Å². The summed E-state index contributed by atoms with van der Waals surface area (Å²) < 4.78 is 7.47. The van der Waals surface area contributed by atoms with Crippen LogP contribution in [0.3, 0.4) is 0 Å². The van der Waals surface area contributed by atoms with Crippen LogP contribution in [-0.4, -0.2) is 80.8 Å². The quantitative estimate of drug-likeness (QED) is 0.627. The second kappa shape index (κ2) is 10.1. The van der Waals surface area contributed by atoms with Crippen LogP contribution in [-0.2, 0) is 28.9 Å². The number of hydrogen-bond donors (Lipinski definition) is 0. The summed E-state index contributed by atoms with van der Waals surface area (Å²) in [6.07, 6.45) is 9.01. The van der Waals surface area contributed by atoms with Gasteiger partial charge in [0.1, 0.15) is 6.33 Å². The van der Waals surface area contributed by atoms with E-state index >= 15 is 0 Å². The van der Waals surface area contributed by atoms with Gasteiger partial charge in [-0.25, -0.2) is 4.68 Å². The lowest BCUT2D eigenvalue weighted by molar-refractivity contribution is -0.134. The van der Waals surface area contributed by atoms with Crippen LogP contribution in [0.25, 0.3) is 0 Å². The monoisotopic (exact) mass is 438 g/mol. The van der Waals surface area contributed by atoms with Gasteiger partial charge in [-0.15, -0.1) is 5.10 Å². The third-order valence-corrected chi connectivity index (χ3v) is 7.42. The summed E-state index contributed by atoms with van der Waals surface area (Å²) in [5.41, 5.74) is 3.05. The lowest BCUT2D eigenvalue weighted by Gasteiger charge is -2.38. The molecule has 2 fully saturated rings. The maximum Gasteiger partial charge on any atom is 0.224 e. The van der Waals surface area contributed by atoms with E-state index in [1.807, 2.05) is 0 Å². The summed E-state index contributed by atoms with van der Waals surface area (Å²) in [5, 5.41) is 11.2. The highest BCUT2D eigenvalue weighted by Gasteiger charge is 2.31. The molecule has 5 rings (SSSR count). The van der Waals surface area contributed by atoms with Crippen molar-refractivity contribution in [2.24, 2.45) is 5.92 Å². The topological polar surface area (TPSA) is 76.4 Å². The van der Waals surface area contributed by atoms with E-state index in [4.69, 9.17) is 4.74 Å². The standard InChI is InChI=1S/C24H34N6O2/c31-24(9-12-30-18-25-26-27-30)29(17-23-6-3-13-32-23)16-19-7-10-28(11-8-19)22-14-20-4-1-2-5-21(20)15-22/h1-2,4-5,18-19,22-23H,3,6-17H2. The van der Waals surface area contributed by atoms with Crippen LogP contribution in [0.1, 0.15) is 43.2 Å². The average Bonchev–Trinajstić information content (AvgIpc) is 3.59. The van der Waals surface area contributed by atoms with E-state index in [0.717, 1.165) is 51.9 Å². The molecular formula is C24H34N6O2. The second-order valence-corrected chi connectivity index (χ2v) is 9.57. The summed E-state index contributed by atoms with van der Waals surface area (Å²) in [5.74, 6) is 0.748. The van der Waals surface area contributed by atoms with Gasteiger partial charge < -0.3 is 9.64 Å². The molecule has 8 nitrogen and oxygen atoms in total. The lowest BCUT2D eigenvalue weighted by atomic mass is 9.94. The molecule has 0 N–H and O–H groups in total. The van der Waals surface area contributed by atoms with Crippen LogP contribution in [0, 0.1) is 5.92 Å². The Morgan fingerprint density at radius 2 is 1.88 bits per heavy atom. The first-order valence-electron chi connectivity index (χ1n) is 12.2. The molecule has 0 spiro atoms. The molecule has 2 saturated heterocycles. The Kier molecular flexibility index (Phi) is 6.78. The van der Waals surface area contributed by atoms with Gasteiger partial charge in [0.25, 0.3) is 0 Å². The predicted octanol–water partition coefficient (Wildman–Crippen LogP) is 1.95. The van der Waals surface area contributed by atoms with Crippen molar-refractivity contribution in [3.05, 3.63) is 41.7 Å². The normalized spacial score (nSPS) is 22.3. The maximum atomic E-state index is 13.1. The third-order valence-electron chi connectivity index (χ3n) is 7.42. The second-order valence-electron chi connectivity index (χ2n) is 9.57. The zero-order chi connectivity index (χ0) is 21.8. The number of benzene rings is 1. The van der Waals surface area contributed by atoms with Gasteiger partial charge in [0, 0.05) is 32.2 Å². The van der Waals surface area contributed by atoms with Gasteiger partial charge in [-0.2, -0.15) is 0 Å². The Labute approximate surface area is 189 Å². The molecule has 1 aromatic carbocycles. The molecule has 3 heterocycles. The van der Waals surface area contributed by atoms with E-state index < -0.39 is 0 Å². The Balaban J connectivity index is 1.13. The number of aromatic nitrogens is 4. The van der Waals surface area contributed by atoms with Crippen LogP contribution >= 0.6 is 0 Å². The number of nitrogens with zero attached hydrogens (tertiary/aromatic N) is 6. The molecule has 3 aliphatic rings. The van der Waals surface area contributed by atoms with E-state index in [-0.39, 0.29) is 12.0 Å². The van der Waals surface area contributed by atoms with E-state index in [1.165, 1.54) is 24.0 Å². The van der Waals surface area contributed by atoms with Crippen molar-refractivity contribution in [1.82, 2.24) is 30.0 Å². The minimum Gasteiger partial charge on any atom is -0.376 e. The highest BCUT2D eigenvalue weighted by molar-refractivity contribution is 5.76. The number of likely N-dealkylation sites (tertiary alicyclic amines) is 1. The fraction of sp³-hybridized carbons (Fsp3) is 0.667. The smallest absolute Gasteiger partial charge is 0.224 e. The summed E-state index contributed by atoms with van der Waals surface area (Å²) >= 11 is 0. The van der Waals surface area contributed by atoms with Crippen LogP contribution in [0.2, 0.25) is 0 Å². The first kappa shape index (κ1) is 21.5. The molecule has 1 atom stereocenters. The summed E-state index contributed by atoms with van der Waals surface area (Å²) in [6.45, 7) is 5.17. The molecule has 1 amide bonds. The molecule has 172 valence electrons. The van der Waals surface area contributed by atoms with Crippen molar-refractivity contribution in [2.75, 3.05) is 32.8 Å². The Morgan fingerprint density at radius 3 is 2.53 bits per heavy atom. The Morgan fingerprint density at radius 1 is 1.09 bits per heavy atom. The van der Waals surface area contributed by atoms with Crippen molar-refractivity contribution in [1.29, 1.82) is 0 Å². The fourth-order valence-corrected chi connectivity index (χ4v) is 5.57. The van der Waals surface area contributed by atoms with Crippen LogP contribution in [0.5, 0.6) is 0 Å². The number of piperidine rings is 1. The van der Waals surface area contributed by atoms with Crippen molar-refractivity contribution >= 4 is 5.91 Å². The SMILES string of the molecule is O=C(CCn1cnnn1)N(CC1CCN(C2Cc3ccccc3C2)CC1)CC1CCCO1. The van der Waals surface area contributed by atoms with E-state index in [2.05, 4.69) is 49.6 Å². The largest absolute Gasteiger partial charge is 0.376 e. The number of fused-ring (bicyclic) bond motifs is 1. The van der Waals surface area contributed by atoms with Gasteiger partial charge in [-0.1, -0.05) is 24.3 Å². The number of hydrogen-bond acceptors (Lipinski definition) is 6. The molecule has 2 aromatic rings. The summed E-state index contributed by atoms with van der Waals surface area (Å²) in [7, 11) is 0. The third kappa shape index (κ3) is 5.18. The van der Waals surface area contributed by atoms with Crippen molar-refractivity contribution in [3.8, 4) is 0 Å². The van der Waals surface area contributed by atoms with E-state index in [9.17, 15) is 4.79 Å².